The van der Waals surface area contributed by atoms with Crippen LogP contribution in [0, 0.1) is 6.92 Å². The molecule has 2 aromatic heterocycles. The van der Waals surface area contributed by atoms with Crippen LogP contribution in [0.2, 0.25) is 0 Å². The van der Waals surface area contributed by atoms with Gasteiger partial charge >= 0.3 is 0 Å². The van der Waals surface area contributed by atoms with Gasteiger partial charge in [-0.05, 0) is 43.2 Å². The molecule has 4 rings (SSSR count). The molecule has 0 spiro atoms. The molecule has 0 aliphatic heterocycles. The molecular formula is C18H18N4O3. The van der Waals surface area contributed by atoms with Crippen LogP contribution in [0.1, 0.15) is 35.3 Å². The van der Waals surface area contributed by atoms with Crippen molar-refractivity contribution in [3.63, 3.8) is 0 Å². The Kier molecular flexibility index (Phi) is 3.76. The molecule has 1 N–H and O–H groups in total. The summed E-state index contributed by atoms with van der Waals surface area (Å²) in [5.74, 6) is 1.28. The number of methoxy groups -OCH3 is 1. The van der Waals surface area contributed by atoms with E-state index in [0.29, 0.717) is 40.5 Å². The summed E-state index contributed by atoms with van der Waals surface area (Å²) in [7, 11) is 1.56. The van der Waals surface area contributed by atoms with Gasteiger partial charge in [0.25, 0.3) is 5.91 Å². The van der Waals surface area contributed by atoms with Crippen LogP contribution in [-0.2, 0) is 0 Å². The van der Waals surface area contributed by atoms with Crippen molar-refractivity contribution < 1.29 is 13.9 Å². The maximum atomic E-state index is 12.7. The molecule has 128 valence electrons. The number of amides is 1. The summed E-state index contributed by atoms with van der Waals surface area (Å²) in [6, 6.07) is 9.51. The molecule has 7 heteroatoms. The Labute approximate surface area is 144 Å². The first-order chi connectivity index (χ1) is 12.2. The molecule has 25 heavy (non-hydrogen) atoms. The minimum absolute atomic E-state index is 0.172. The van der Waals surface area contributed by atoms with Crippen molar-refractivity contribution in [2.75, 3.05) is 12.4 Å². The van der Waals surface area contributed by atoms with Crippen molar-refractivity contribution >= 4 is 11.6 Å². The van der Waals surface area contributed by atoms with Gasteiger partial charge in [0.2, 0.25) is 11.8 Å². The Morgan fingerprint density at radius 2 is 2.16 bits per heavy atom. The number of anilines is 1. The second-order valence-electron chi connectivity index (χ2n) is 6.03. The quantitative estimate of drug-likeness (QED) is 0.770. The Morgan fingerprint density at radius 3 is 2.84 bits per heavy atom. The fourth-order valence-corrected chi connectivity index (χ4v) is 2.80. The zero-order chi connectivity index (χ0) is 17.4. The molecule has 7 nitrogen and oxygen atoms in total. The van der Waals surface area contributed by atoms with Crippen LogP contribution in [0.5, 0.6) is 5.75 Å². The SMILES string of the molecule is COc1ccc(-c2nnc(C)o2)cc1NC(=O)c1cccn1C1CC1. The van der Waals surface area contributed by atoms with Crippen molar-refractivity contribution in [1.82, 2.24) is 14.8 Å². The average Bonchev–Trinajstić information content (AvgIpc) is 3.17. The zero-order valence-corrected chi connectivity index (χ0v) is 14.0. The van der Waals surface area contributed by atoms with E-state index in [4.69, 9.17) is 9.15 Å². The Bertz CT molecular complexity index is 924. The molecule has 0 unspecified atom stereocenters. The fourth-order valence-electron chi connectivity index (χ4n) is 2.80. The molecule has 2 heterocycles. The third-order valence-electron chi connectivity index (χ3n) is 4.17. The smallest absolute Gasteiger partial charge is 0.272 e. The lowest BCUT2D eigenvalue weighted by Crippen LogP contribution is -2.16. The number of nitrogens with one attached hydrogen (secondary N) is 1. The summed E-state index contributed by atoms with van der Waals surface area (Å²) in [4.78, 5) is 12.7. The van der Waals surface area contributed by atoms with E-state index < -0.39 is 0 Å². The van der Waals surface area contributed by atoms with Gasteiger partial charge < -0.3 is 19.0 Å². The summed E-state index contributed by atoms with van der Waals surface area (Å²) < 4.78 is 12.8. The topological polar surface area (TPSA) is 82.2 Å². The predicted molar refractivity (Wildman–Crippen MR) is 91.7 cm³/mol. The lowest BCUT2D eigenvalue weighted by atomic mass is 10.1. The van der Waals surface area contributed by atoms with E-state index in [-0.39, 0.29) is 5.91 Å². The first-order valence-corrected chi connectivity index (χ1v) is 8.12. The largest absolute Gasteiger partial charge is 0.495 e. The standard InChI is InChI=1S/C18H18N4O3/c1-11-20-21-18(25-11)12-5-8-16(24-2)14(10-12)19-17(23)15-4-3-9-22(15)13-6-7-13/h3-5,8-10,13H,6-7H2,1-2H3,(H,19,23). The molecule has 1 aliphatic rings. The van der Waals surface area contributed by atoms with Crippen molar-refractivity contribution in [1.29, 1.82) is 0 Å². The summed E-state index contributed by atoms with van der Waals surface area (Å²) in [6.07, 6.45) is 4.18. The van der Waals surface area contributed by atoms with E-state index >= 15 is 0 Å². The Hall–Kier alpha value is -3.09. The number of hydrogen-bond donors (Lipinski definition) is 1. The molecule has 0 saturated heterocycles. The zero-order valence-electron chi connectivity index (χ0n) is 14.0. The van der Waals surface area contributed by atoms with Crippen molar-refractivity contribution in [2.24, 2.45) is 0 Å². The molecule has 1 aromatic carbocycles. The Morgan fingerprint density at radius 1 is 1.32 bits per heavy atom. The van der Waals surface area contributed by atoms with E-state index in [1.54, 1.807) is 26.2 Å². The lowest BCUT2D eigenvalue weighted by molar-refractivity contribution is 0.101. The van der Waals surface area contributed by atoms with Crippen LogP contribution in [0.3, 0.4) is 0 Å². The van der Waals surface area contributed by atoms with Gasteiger partial charge in [0.1, 0.15) is 11.4 Å². The lowest BCUT2D eigenvalue weighted by Gasteiger charge is -2.12. The predicted octanol–water partition coefficient (Wildman–Crippen LogP) is 3.44. The summed E-state index contributed by atoms with van der Waals surface area (Å²) in [6.45, 7) is 1.73. The van der Waals surface area contributed by atoms with Crippen LogP contribution in [0.4, 0.5) is 5.69 Å². The van der Waals surface area contributed by atoms with Crippen molar-refractivity contribution in [3.8, 4) is 17.2 Å². The molecule has 1 aliphatic carbocycles. The van der Waals surface area contributed by atoms with Gasteiger partial charge in [0, 0.05) is 24.7 Å². The maximum Gasteiger partial charge on any atom is 0.272 e. The highest BCUT2D eigenvalue weighted by Gasteiger charge is 2.27. The average molecular weight is 338 g/mol. The minimum Gasteiger partial charge on any atom is -0.495 e. The number of benzene rings is 1. The van der Waals surface area contributed by atoms with Crippen LogP contribution in [0.25, 0.3) is 11.5 Å². The monoisotopic (exact) mass is 338 g/mol. The van der Waals surface area contributed by atoms with Crippen molar-refractivity contribution in [3.05, 3.63) is 48.1 Å². The van der Waals surface area contributed by atoms with E-state index in [9.17, 15) is 4.79 Å². The number of rotatable bonds is 5. The molecule has 1 amide bonds. The summed E-state index contributed by atoms with van der Waals surface area (Å²) >= 11 is 0. The second kappa shape index (κ2) is 6.08. The third-order valence-corrected chi connectivity index (χ3v) is 4.17. The first kappa shape index (κ1) is 15.4. The molecule has 0 radical (unpaired) electrons. The highest BCUT2D eigenvalue weighted by Crippen LogP contribution is 2.36. The number of nitrogens with zero attached hydrogens (tertiary/aromatic N) is 3. The number of aromatic nitrogens is 3. The van der Waals surface area contributed by atoms with Gasteiger partial charge in [0.15, 0.2) is 0 Å². The van der Waals surface area contributed by atoms with Crippen LogP contribution in [0.15, 0.2) is 40.9 Å². The molecule has 3 aromatic rings. The van der Waals surface area contributed by atoms with E-state index in [2.05, 4.69) is 15.5 Å². The van der Waals surface area contributed by atoms with Gasteiger partial charge in [-0.1, -0.05) is 0 Å². The van der Waals surface area contributed by atoms with Gasteiger partial charge in [-0.15, -0.1) is 10.2 Å². The highest BCUT2D eigenvalue weighted by molar-refractivity contribution is 6.04. The molecule has 0 atom stereocenters. The van der Waals surface area contributed by atoms with Gasteiger partial charge in [-0.2, -0.15) is 0 Å². The number of carbonyl (C=O) groups excluding carboxylic acids is 1. The molecular weight excluding hydrogens is 320 g/mol. The van der Waals surface area contributed by atoms with Gasteiger partial charge in [0.05, 0.1) is 12.8 Å². The number of ether oxygens (including phenoxy) is 1. The second-order valence-corrected chi connectivity index (χ2v) is 6.03. The van der Waals surface area contributed by atoms with Crippen LogP contribution in [-0.4, -0.2) is 27.8 Å². The molecule has 0 bridgehead atoms. The maximum absolute atomic E-state index is 12.7. The summed E-state index contributed by atoms with van der Waals surface area (Å²) in [5, 5.41) is 10.8. The number of hydrogen-bond acceptors (Lipinski definition) is 5. The summed E-state index contributed by atoms with van der Waals surface area (Å²) in [5.41, 5.74) is 1.92. The van der Waals surface area contributed by atoms with Crippen LogP contribution >= 0.6 is 0 Å². The molecule has 1 fully saturated rings. The highest BCUT2D eigenvalue weighted by atomic mass is 16.5. The van der Waals surface area contributed by atoms with Gasteiger partial charge in [-0.25, -0.2) is 0 Å². The number of aryl methyl sites for hydroxylation is 1. The first-order valence-electron chi connectivity index (χ1n) is 8.12. The molecule has 1 saturated carbocycles. The van der Waals surface area contributed by atoms with Crippen LogP contribution < -0.4 is 10.1 Å². The van der Waals surface area contributed by atoms with Crippen molar-refractivity contribution in [2.45, 2.75) is 25.8 Å². The third kappa shape index (κ3) is 3.00. The van der Waals surface area contributed by atoms with E-state index in [1.165, 1.54) is 0 Å². The van der Waals surface area contributed by atoms with Gasteiger partial charge in [-0.3, -0.25) is 4.79 Å². The fraction of sp³-hybridized carbons (Fsp3) is 0.278. The normalized spacial score (nSPS) is 13.7. The van der Waals surface area contributed by atoms with E-state index in [1.807, 2.05) is 29.0 Å². The Balaban J connectivity index is 1.64. The van der Waals surface area contributed by atoms with E-state index in [0.717, 1.165) is 12.8 Å². The minimum atomic E-state index is -0.172. The number of carbonyl (C=O) groups is 1.